The van der Waals surface area contributed by atoms with Gasteiger partial charge in [-0.25, -0.2) is 4.98 Å². The molecule has 1 aromatic rings. The summed E-state index contributed by atoms with van der Waals surface area (Å²) in [5.41, 5.74) is 0. The standard InChI is InChI=1S/C10H14N2O/c13-8-9-4-6-12(7-9)10-3-1-2-5-11-10/h1-3,5,9,13H,4,6-8H2. The minimum absolute atomic E-state index is 0.295. The molecule has 1 aliphatic heterocycles. The van der Waals surface area contributed by atoms with Crippen LogP contribution in [0.4, 0.5) is 5.82 Å². The van der Waals surface area contributed by atoms with E-state index < -0.39 is 0 Å². The Balaban J connectivity index is 2.04. The van der Waals surface area contributed by atoms with Crippen molar-refractivity contribution in [2.75, 3.05) is 24.6 Å². The zero-order valence-corrected chi connectivity index (χ0v) is 7.56. The molecular weight excluding hydrogens is 164 g/mol. The molecule has 1 saturated heterocycles. The number of hydrogen-bond donors (Lipinski definition) is 1. The summed E-state index contributed by atoms with van der Waals surface area (Å²) >= 11 is 0. The fourth-order valence-corrected chi connectivity index (χ4v) is 1.73. The van der Waals surface area contributed by atoms with Gasteiger partial charge < -0.3 is 10.0 Å². The quantitative estimate of drug-likeness (QED) is 0.731. The number of aliphatic hydroxyl groups is 1. The van der Waals surface area contributed by atoms with Crippen LogP contribution in [0, 0.1) is 5.92 Å². The van der Waals surface area contributed by atoms with E-state index in [4.69, 9.17) is 5.11 Å². The van der Waals surface area contributed by atoms with Crippen LogP contribution in [-0.2, 0) is 0 Å². The maximum Gasteiger partial charge on any atom is 0.128 e. The smallest absolute Gasteiger partial charge is 0.128 e. The number of rotatable bonds is 2. The molecule has 2 heterocycles. The number of aromatic nitrogens is 1. The van der Waals surface area contributed by atoms with E-state index in [0.29, 0.717) is 12.5 Å². The van der Waals surface area contributed by atoms with Crippen LogP contribution >= 0.6 is 0 Å². The summed E-state index contributed by atoms with van der Waals surface area (Å²) < 4.78 is 0. The maximum atomic E-state index is 8.98. The van der Waals surface area contributed by atoms with Crippen molar-refractivity contribution in [2.45, 2.75) is 6.42 Å². The number of aliphatic hydroxyl groups excluding tert-OH is 1. The third-order valence-electron chi connectivity index (χ3n) is 2.52. The molecule has 0 saturated carbocycles. The molecule has 0 aliphatic carbocycles. The van der Waals surface area contributed by atoms with Crippen molar-refractivity contribution in [3.8, 4) is 0 Å². The number of nitrogens with zero attached hydrogens (tertiary/aromatic N) is 2. The Morgan fingerprint density at radius 1 is 1.54 bits per heavy atom. The monoisotopic (exact) mass is 178 g/mol. The highest BCUT2D eigenvalue weighted by molar-refractivity contribution is 5.38. The van der Waals surface area contributed by atoms with Gasteiger partial charge in [0.25, 0.3) is 0 Å². The van der Waals surface area contributed by atoms with E-state index in [0.717, 1.165) is 25.3 Å². The Bertz CT molecular complexity index is 263. The maximum absolute atomic E-state index is 8.98. The molecule has 2 rings (SSSR count). The molecule has 3 nitrogen and oxygen atoms in total. The van der Waals surface area contributed by atoms with E-state index in [-0.39, 0.29) is 0 Å². The van der Waals surface area contributed by atoms with Crippen LogP contribution in [-0.4, -0.2) is 29.8 Å². The summed E-state index contributed by atoms with van der Waals surface area (Å²) in [4.78, 5) is 6.50. The summed E-state index contributed by atoms with van der Waals surface area (Å²) in [5.74, 6) is 1.46. The van der Waals surface area contributed by atoms with Crippen molar-refractivity contribution in [3.05, 3.63) is 24.4 Å². The fourth-order valence-electron chi connectivity index (χ4n) is 1.73. The first kappa shape index (κ1) is 8.51. The van der Waals surface area contributed by atoms with E-state index >= 15 is 0 Å². The van der Waals surface area contributed by atoms with Gasteiger partial charge in [0.1, 0.15) is 5.82 Å². The first-order chi connectivity index (χ1) is 6.40. The summed E-state index contributed by atoms with van der Waals surface area (Å²) in [6.07, 6.45) is 2.88. The molecule has 1 N–H and O–H groups in total. The number of hydrogen-bond acceptors (Lipinski definition) is 3. The van der Waals surface area contributed by atoms with Crippen molar-refractivity contribution < 1.29 is 5.11 Å². The molecule has 1 aliphatic rings. The Labute approximate surface area is 78.0 Å². The highest BCUT2D eigenvalue weighted by Crippen LogP contribution is 2.20. The number of anilines is 1. The molecule has 0 aromatic carbocycles. The molecular formula is C10H14N2O. The minimum Gasteiger partial charge on any atom is -0.396 e. The lowest BCUT2D eigenvalue weighted by Gasteiger charge is -2.16. The van der Waals surface area contributed by atoms with Gasteiger partial charge in [-0.05, 0) is 18.6 Å². The fraction of sp³-hybridized carbons (Fsp3) is 0.500. The molecule has 0 radical (unpaired) electrons. The molecule has 70 valence electrons. The lowest BCUT2D eigenvalue weighted by molar-refractivity contribution is 0.238. The normalized spacial score (nSPS) is 22.2. The molecule has 0 amide bonds. The Hall–Kier alpha value is -1.09. The minimum atomic E-state index is 0.295. The Morgan fingerprint density at radius 2 is 2.46 bits per heavy atom. The largest absolute Gasteiger partial charge is 0.396 e. The van der Waals surface area contributed by atoms with Crippen LogP contribution in [0.15, 0.2) is 24.4 Å². The average molecular weight is 178 g/mol. The van der Waals surface area contributed by atoms with Crippen molar-refractivity contribution in [3.63, 3.8) is 0 Å². The third-order valence-corrected chi connectivity index (χ3v) is 2.52. The first-order valence-electron chi connectivity index (χ1n) is 4.67. The van der Waals surface area contributed by atoms with Crippen LogP contribution in [0.3, 0.4) is 0 Å². The molecule has 1 fully saturated rings. The van der Waals surface area contributed by atoms with Gasteiger partial charge in [0.2, 0.25) is 0 Å². The zero-order valence-electron chi connectivity index (χ0n) is 7.56. The molecule has 1 atom stereocenters. The van der Waals surface area contributed by atoms with Gasteiger partial charge in [-0.1, -0.05) is 6.07 Å². The summed E-state index contributed by atoms with van der Waals surface area (Å²) in [5, 5.41) is 8.98. The van der Waals surface area contributed by atoms with E-state index in [9.17, 15) is 0 Å². The third kappa shape index (κ3) is 1.80. The van der Waals surface area contributed by atoms with Crippen molar-refractivity contribution in [2.24, 2.45) is 5.92 Å². The molecule has 0 bridgehead atoms. The van der Waals surface area contributed by atoms with Gasteiger partial charge in [0, 0.05) is 31.8 Å². The van der Waals surface area contributed by atoms with Gasteiger partial charge in [0.15, 0.2) is 0 Å². The van der Waals surface area contributed by atoms with E-state index in [1.165, 1.54) is 0 Å². The van der Waals surface area contributed by atoms with Gasteiger partial charge in [-0.2, -0.15) is 0 Å². The lowest BCUT2D eigenvalue weighted by atomic mass is 10.1. The van der Waals surface area contributed by atoms with Crippen molar-refractivity contribution in [1.29, 1.82) is 0 Å². The predicted molar refractivity (Wildman–Crippen MR) is 51.6 cm³/mol. The summed E-state index contributed by atoms with van der Waals surface area (Å²) in [6, 6.07) is 5.93. The van der Waals surface area contributed by atoms with Crippen molar-refractivity contribution >= 4 is 5.82 Å². The van der Waals surface area contributed by atoms with Crippen LogP contribution < -0.4 is 4.90 Å². The van der Waals surface area contributed by atoms with Crippen LogP contribution in [0.1, 0.15) is 6.42 Å². The van der Waals surface area contributed by atoms with Gasteiger partial charge in [-0.15, -0.1) is 0 Å². The van der Waals surface area contributed by atoms with Crippen molar-refractivity contribution in [1.82, 2.24) is 4.98 Å². The first-order valence-corrected chi connectivity index (χ1v) is 4.67. The predicted octanol–water partition coefficient (Wildman–Crippen LogP) is 0.900. The van der Waals surface area contributed by atoms with Gasteiger partial charge >= 0.3 is 0 Å². The van der Waals surface area contributed by atoms with Crippen LogP contribution in [0.2, 0.25) is 0 Å². The SMILES string of the molecule is OCC1CCN(c2ccccn2)C1. The Morgan fingerprint density at radius 3 is 3.08 bits per heavy atom. The van der Waals surface area contributed by atoms with Gasteiger partial charge in [0.05, 0.1) is 0 Å². The second kappa shape index (κ2) is 3.75. The number of pyridine rings is 1. The molecule has 1 aromatic heterocycles. The summed E-state index contributed by atoms with van der Waals surface area (Å²) in [6.45, 7) is 2.25. The van der Waals surface area contributed by atoms with E-state index in [1.807, 2.05) is 24.4 Å². The molecule has 3 heteroatoms. The van der Waals surface area contributed by atoms with Crippen LogP contribution in [0.5, 0.6) is 0 Å². The zero-order chi connectivity index (χ0) is 9.10. The summed E-state index contributed by atoms with van der Waals surface area (Å²) in [7, 11) is 0. The van der Waals surface area contributed by atoms with E-state index in [1.54, 1.807) is 0 Å². The highest BCUT2D eigenvalue weighted by Gasteiger charge is 2.22. The average Bonchev–Trinajstić information content (AvgIpc) is 2.67. The molecule has 13 heavy (non-hydrogen) atoms. The van der Waals surface area contributed by atoms with E-state index in [2.05, 4.69) is 9.88 Å². The second-order valence-corrected chi connectivity index (χ2v) is 3.47. The lowest BCUT2D eigenvalue weighted by Crippen LogP contribution is -2.21. The second-order valence-electron chi connectivity index (χ2n) is 3.47. The molecule has 0 spiro atoms. The topological polar surface area (TPSA) is 36.4 Å². The molecule has 1 unspecified atom stereocenters. The van der Waals surface area contributed by atoms with Gasteiger partial charge in [-0.3, -0.25) is 0 Å². The van der Waals surface area contributed by atoms with Crippen LogP contribution in [0.25, 0.3) is 0 Å². The highest BCUT2D eigenvalue weighted by atomic mass is 16.3. The Kier molecular flexibility index (Phi) is 2.45.